The molecule has 0 heterocycles. The van der Waals surface area contributed by atoms with E-state index in [0.29, 0.717) is 0 Å². The van der Waals surface area contributed by atoms with Crippen LogP contribution in [-0.4, -0.2) is 34.9 Å². The Morgan fingerprint density at radius 3 is 0.904 bits per heavy atom. The van der Waals surface area contributed by atoms with E-state index in [4.69, 9.17) is 0 Å². The van der Waals surface area contributed by atoms with Crippen molar-refractivity contribution in [2.45, 2.75) is 113 Å². The van der Waals surface area contributed by atoms with Crippen LogP contribution in [0.5, 0.6) is 11.5 Å². The molecule has 0 radical (unpaired) electrons. The second-order valence-electron chi connectivity index (χ2n) is 17.7. The lowest BCUT2D eigenvalue weighted by Crippen LogP contribution is -2.77. The molecule has 0 aromatic heterocycles. The lowest BCUT2D eigenvalue weighted by atomic mass is 9.24. The van der Waals surface area contributed by atoms with Crippen LogP contribution in [0.4, 0.5) is 52.7 Å². The van der Waals surface area contributed by atoms with Crippen molar-refractivity contribution < 1.29 is 62.9 Å². The minimum atomic E-state index is -5.28. The van der Waals surface area contributed by atoms with Gasteiger partial charge in [-0.2, -0.15) is 52.7 Å². The fraction of sp³-hybridized carbons (Fsp3) is 0.667. The summed E-state index contributed by atoms with van der Waals surface area (Å²) >= 11 is 6.22. The fourth-order valence-electron chi connectivity index (χ4n) is 13.9. The monoisotopic (exact) mass is 882 g/mol. The standard InChI is InChI=1S/C36H32Br2F12O2/c37-21-5-19(1-3-23(21)51)25-7-27(13-29(9-25,33(39,40)41)17-30(10-25,14-27)34(42,43)44)28-8-26(20-2-4-24(52)22(38)6-20)11-31(15-28,35(45,46)47)18-32(12-26,16-28)36(48,49)50/h1-6,51-52H,7-18H2. The molecule has 0 amide bonds. The van der Waals surface area contributed by atoms with Crippen LogP contribution in [0, 0.1) is 32.5 Å². The van der Waals surface area contributed by atoms with Crippen LogP contribution in [0.3, 0.4) is 0 Å². The topological polar surface area (TPSA) is 40.5 Å². The van der Waals surface area contributed by atoms with Gasteiger partial charge in [-0.3, -0.25) is 0 Å². The van der Waals surface area contributed by atoms with E-state index < -0.39 is 145 Å². The van der Waals surface area contributed by atoms with E-state index in [1.807, 2.05) is 0 Å². The molecule has 0 aliphatic heterocycles. The number of halogens is 14. The zero-order valence-corrected chi connectivity index (χ0v) is 30.3. The van der Waals surface area contributed by atoms with Crippen LogP contribution in [0.1, 0.15) is 88.2 Å². The Kier molecular flexibility index (Phi) is 7.22. The SMILES string of the molecule is Oc1ccc(C23CC4(C(F)(F)F)CC(C(F)(F)F)(C2)CC(C25CC6(c7ccc(O)c(Br)c7)CC(C(F)(F)F)(CC(C(F)(F)F)(C6)C2)C5)(C3)C4)cc1Br. The Morgan fingerprint density at radius 2 is 0.673 bits per heavy atom. The van der Waals surface area contributed by atoms with E-state index in [0.717, 1.165) is 12.1 Å². The maximum absolute atomic E-state index is 15.7. The second-order valence-corrected chi connectivity index (χ2v) is 19.4. The molecule has 8 aliphatic carbocycles. The summed E-state index contributed by atoms with van der Waals surface area (Å²) in [5, 5.41) is 20.5. The smallest absolute Gasteiger partial charge is 0.394 e. The summed E-state index contributed by atoms with van der Waals surface area (Å²) in [6.07, 6.45) is -32.1. The quantitative estimate of drug-likeness (QED) is 0.302. The van der Waals surface area contributed by atoms with Crippen LogP contribution in [0.25, 0.3) is 0 Å². The van der Waals surface area contributed by atoms with E-state index in [1.165, 1.54) is 24.3 Å². The van der Waals surface area contributed by atoms with Crippen LogP contribution in [0.2, 0.25) is 0 Å². The summed E-state index contributed by atoms with van der Waals surface area (Å²) in [4.78, 5) is 0. The number of hydrogen-bond acceptors (Lipinski definition) is 2. The van der Waals surface area contributed by atoms with Crippen molar-refractivity contribution >= 4 is 31.9 Å². The summed E-state index contributed by atoms with van der Waals surface area (Å²) in [7, 11) is 0. The maximum atomic E-state index is 15.7. The second kappa shape index (κ2) is 10.1. The van der Waals surface area contributed by atoms with Gasteiger partial charge in [0.05, 0.1) is 30.6 Å². The number of benzene rings is 2. The molecule has 8 fully saturated rings. The largest absolute Gasteiger partial charge is 0.507 e. The number of phenols is 2. The first kappa shape index (κ1) is 37.1. The van der Waals surface area contributed by atoms with E-state index in [-0.39, 0.29) is 31.6 Å². The molecule has 10 rings (SSSR count). The minimum Gasteiger partial charge on any atom is -0.507 e. The molecule has 8 bridgehead atoms. The van der Waals surface area contributed by atoms with Crippen molar-refractivity contribution in [3.8, 4) is 11.5 Å². The zero-order valence-electron chi connectivity index (χ0n) is 27.1. The number of phenolic OH excluding ortho intramolecular Hbond substituents is 2. The maximum Gasteiger partial charge on any atom is 0.394 e. The molecular formula is C36H32Br2F12O2. The van der Waals surface area contributed by atoms with Gasteiger partial charge >= 0.3 is 24.7 Å². The normalized spacial score (nSPS) is 42.7. The minimum absolute atomic E-state index is 0.0147. The third-order valence-corrected chi connectivity index (χ3v) is 16.0. The molecule has 2 aromatic carbocycles. The fourth-order valence-corrected chi connectivity index (χ4v) is 14.6. The predicted molar refractivity (Wildman–Crippen MR) is 169 cm³/mol. The first-order chi connectivity index (χ1) is 23.6. The Morgan fingerprint density at radius 1 is 0.404 bits per heavy atom. The van der Waals surface area contributed by atoms with E-state index in [2.05, 4.69) is 31.9 Å². The van der Waals surface area contributed by atoms with E-state index in [9.17, 15) is 10.2 Å². The average Bonchev–Trinajstić information content (AvgIpc) is 2.96. The van der Waals surface area contributed by atoms with Crippen molar-refractivity contribution in [2.24, 2.45) is 32.5 Å². The highest BCUT2D eigenvalue weighted by molar-refractivity contribution is 9.10. The number of aromatic hydroxyl groups is 2. The van der Waals surface area contributed by atoms with Gasteiger partial charge in [0.15, 0.2) is 0 Å². The highest BCUT2D eigenvalue weighted by atomic mass is 79.9. The van der Waals surface area contributed by atoms with Gasteiger partial charge in [-0.05, 0) is 166 Å². The van der Waals surface area contributed by atoms with Crippen molar-refractivity contribution in [2.75, 3.05) is 0 Å². The van der Waals surface area contributed by atoms with Crippen LogP contribution >= 0.6 is 31.9 Å². The average molecular weight is 884 g/mol. The first-order valence-corrected chi connectivity index (χ1v) is 18.4. The van der Waals surface area contributed by atoms with Crippen LogP contribution < -0.4 is 0 Å². The number of hydrogen-bond donors (Lipinski definition) is 2. The van der Waals surface area contributed by atoms with Crippen LogP contribution in [0.15, 0.2) is 45.3 Å². The van der Waals surface area contributed by atoms with Crippen molar-refractivity contribution in [3.05, 3.63) is 56.5 Å². The van der Waals surface area contributed by atoms with E-state index in [1.54, 1.807) is 0 Å². The lowest BCUT2D eigenvalue weighted by molar-refractivity contribution is -0.406. The van der Waals surface area contributed by atoms with Crippen molar-refractivity contribution in [1.82, 2.24) is 0 Å². The number of rotatable bonds is 3. The van der Waals surface area contributed by atoms with Gasteiger partial charge in [0.1, 0.15) is 11.5 Å². The summed E-state index contributed by atoms with van der Waals surface area (Å²) in [6.45, 7) is 0. The molecule has 8 saturated carbocycles. The predicted octanol–water partition coefficient (Wildman–Crippen LogP) is 12.7. The molecule has 8 aliphatic rings. The summed E-state index contributed by atoms with van der Waals surface area (Å²) in [5.41, 5.74) is -20.6. The highest BCUT2D eigenvalue weighted by Crippen LogP contribution is 2.89. The Hall–Kier alpha value is -1.84. The molecule has 4 unspecified atom stereocenters. The highest BCUT2D eigenvalue weighted by Gasteiger charge is 2.87. The van der Waals surface area contributed by atoms with Crippen molar-refractivity contribution in [1.29, 1.82) is 0 Å². The van der Waals surface area contributed by atoms with Gasteiger partial charge in [-0.25, -0.2) is 0 Å². The van der Waals surface area contributed by atoms with Gasteiger partial charge in [-0.1, -0.05) is 12.1 Å². The Balaban J connectivity index is 1.45. The Bertz CT molecular complexity index is 1670. The molecule has 2 aromatic rings. The molecule has 52 heavy (non-hydrogen) atoms. The van der Waals surface area contributed by atoms with Gasteiger partial charge in [0, 0.05) is 0 Å². The van der Waals surface area contributed by atoms with Gasteiger partial charge in [0.25, 0.3) is 0 Å². The van der Waals surface area contributed by atoms with Crippen LogP contribution in [-0.2, 0) is 10.8 Å². The Labute approximate surface area is 307 Å². The molecule has 4 atom stereocenters. The molecule has 2 nitrogen and oxygen atoms in total. The third-order valence-electron chi connectivity index (χ3n) is 14.8. The van der Waals surface area contributed by atoms with Crippen molar-refractivity contribution in [3.63, 3.8) is 0 Å². The van der Waals surface area contributed by atoms with E-state index >= 15 is 52.7 Å². The molecule has 0 saturated heterocycles. The molecule has 2 N–H and O–H groups in total. The summed E-state index contributed by atoms with van der Waals surface area (Å²) in [6, 6.07) is 7.13. The zero-order chi connectivity index (χ0) is 38.2. The number of alkyl halides is 12. The summed E-state index contributed by atoms with van der Waals surface area (Å²) in [5.74, 6) is -0.692. The molecule has 0 spiro atoms. The lowest BCUT2D eigenvalue weighted by Gasteiger charge is -2.80. The molecule has 286 valence electrons. The molecular weight excluding hydrogens is 852 g/mol. The summed E-state index contributed by atoms with van der Waals surface area (Å²) < 4.78 is 188. The molecule has 16 heteroatoms. The van der Waals surface area contributed by atoms with Gasteiger partial charge < -0.3 is 10.2 Å². The first-order valence-electron chi connectivity index (χ1n) is 16.8. The van der Waals surface area contributed by atoms with Gasteiger partial charge in [0.2, 0.25) is 0 Å². The van der Waals surface area contributed by atoms with Gasteiger partial charge in [-0.15, -0.1) is 0 Å². The third kappa shape index (κ3) is 4.57.